The average Bonchev–Trinajstić information content (AvgIpc) is 3.08. The molecule has 0 fully saturated rings. The number of nitrogens with zero attached hydrogens (tertiary/aromatic N) is 3. The van der Waals surface area contributed by atoms with Crippen LogP contribution in [0.4, 0.5) is 0 Å². The molecule has 3 aromatic rings. The maximum Gasteiger partial charge on any atom is 0.175 e. The van der Waals surface area contributed by atoms with Gasteiger partial charge in [0.1, 0.15) is 0 Å². The van der Waals surface area contributed by atoms with Crippen LogP contribution in [0.3, 0.4) is 0 Å². The van der Waals surface area contributed by atoms with Crippen molar-refractivity contribution in [2.24, 2.45) is 0 Å². The van der Waals surface area contributed by atoms with Crippen LogP contribution in [-0.4, -0.2) is 16.5 Å². The molecule has 0 aliphatic rings. The minimum Gasteiger partial charge on any atom is -0.192 e. The van der Waals surface area contributed by atoms with E-state index in [-0.39, 0.29) is 0 Å². The standard InChI is InChI=1S/C17H13N3S3/c1-21-16-19-20-17(23-16)22-11-12-6-8-13(9-7-12)15-5-3-2-4-14(15)10-18/h2-9H,11H2,1H3. The Balaban J connectivity index is 1.71. The normalized spacial score (nSPS) is 10.4. The molecule has 0 bridgehead atoms. The summed E-state index contributed by atoms with van der Waals surface area (Å²) >= 11 is 4.94. The monoisotopic (exact) mass is 355 g/mol. The second-order valence-corrected chi connectivity index (χ2v) is 7.93. The van der Waals surface area contributed by atoms with Crippen molar-refractivity contribution in [2.45, 2.75) is 14.4 Å². The minimum atomic E-state index is 0.702. The van der Waals surface area contributed by atoms with Crippen LogP contribution in [0, 0.1) is 11.3 Å². The highest BCUT2D eigenvalue weighted by Crippen LogP contribution is 2.30. The third-order valence-electron chi connectivity index (χ3n) is 3.24. The van der Waals surface area contributed by atoms with Crippen LogP contribution in [0.1, 0.15) is 11.1 Å². The predicted octanol–water partition coefficient (Wildman–Crippen LogP) is 5.09. The van der Waals surface area contributed by atoms with Crippen LogP contribution in [0.5, 0.6) is 0 Å². The van der Waals surface area contributed by atoms with Gasteiger partial charge in [0.05, 0.1) is 11.6 Å². The van der Waals surface area contributed by atoms with Gasteiger partial charge in [-0.05, 0) is 29.0 Å². The van der Waals surface area contributed by atoms with Crippen molar-refractivity contribution in [3.63, 3.8) is 0 Å². The lowest BCUT2D eigenvalue weighted by molar-refractivity contribution is 0.955. The molecule has 0 radical (unpaired) electrons. The predicted molar refractivity (Wildman–Crippen MR) is 97.8 cm³/mol. The molecule has 114 valence electrons. The van der Waals surface area contributed by atoms with Crippen molar-refractivity contribution < 1.29 is 0 Å². The minimum absolute atomic E-state index is 0.702. The molecule has 1 heterocycles. The van der Waals surface area contributed by atoms with Gasteiger partial charge in [-0.1, -0.05) is 77.3 Å². The molecule has 0 saturated carbocycles. The highest BCUT2D eigenvalue weighted by Gasteiger charge is 2.06. The van der Waals surface area contributed by atoms with Gasteiger partial charge in [0, 0.05) is 5.75 Å². The zero-order valence-electron chi connectivity index (χ0n) is 12.4. The molecule has 0 aliphatic heterocycles. The van der Waals surface area contributed by atoms with Crippen LogP contribution in [0.2, 0.25) is 0 Å². The number of benzene rings is 2. The lowest BCUT2D eigenvalue weighted by atomic mass is 10.00. The Morgan fingerprint density at radius 2 is 1.78 bits per heavy atom. The fraction of sp³-hybridized carbons (Fsp3) is 0.118. The Kier molecular flexibility index (Phi) is 5.34. The van der Waals surface area contributed by atoms with Crippen LogP contribution in [-0.2, 0) is 5.75 Å². The summed E-state index contributed by atoms with van der Waals surface area (Å²) in [5.41, 5.74) is 3.97. The van der Waals surface area contributed by atoms with E-state index in [4.69, 9.17) is 0 Å². The van der Waals surface area contributed by atoms with E-state index in [0.29, 0.717) is 5.56 Å². The molecule has 0 spiro atoms. The number of hydrogen-bond acceptors (Lipinski definition) is 6. The third-order valence-corrected chi connectivity index (χ3v) is 6.34. The van der Waals surface area contributed by atoms with Crippen LogP contribution >= 0.6 is 34.9 Å². The van der Waals surface area contributed by atoms with Gasteiger partial charge in [-0.2, -0.15) is 5.26 Å². The van der Waals surface area contributed by atoms with E-state index in [2.05, 4.69) is 40.5 Å². The molecular formula is C17H13N3S3. The molecule has 0 aliphatic carbocycles. The molecule has 0 unspecified atom stereocenters. The Labute approximate surface area is 147 Å². The first kappa shape index (κ1) is 16.1. The molecule has 0 N–H and O–H groups in total. The van der Waals surface area contributed by atoms with Crippen molar-refractivity contribution in [3.8, 4) is 17.2 Å². The summed E-state index contributed by atoms with van der Waals surface area (Å²) < 4.78 is 1.99. The van der Waals surface area contributed by atoms with Gasteiger partial charge in [0.15, 0.2) is 8.68 Å². The third kappa shape index (κ3) is 3.94. The zero-order valence-corrected chi connectivity index (χ0v) is 14.8. The quantitative estimate of drug-likeness (QED) is 0.597. The molecule has 23 heavy (non-hydrogen) atoms. The second kappa shape index (κ2) is 7.64. The largest absolute Gasteiger partial charge is 0.192 e. The maximum atomic E-state index is 9.20. The Hall–Kier alpha value is -1.81. The van der Waals surface area contributed by atoms with Crippen molar-refractivity contribution in [1.82, 2.24) is 10.2 Å². The molecule has 2 aromatic carbocycles. The molecule has 0 atom stereocenters. The molecule has 3 rings (SSSR count). The van der Waals surface area contributed by atoms with Gasteiger partial charge in [0.2, 0.25) is 0 Å². The fourth-order valence-electron chi connectivity index (χ4n) is 2.10. The number of aromatic nitrogens is 2. The van der Waals surface area contributed by atoms with E-state index in [9.17, 15) is 5.26 Å². The van der Waals surface area contributed by atoms with E-state index in [0.717, 1.165) is 25.6 Å². The summed E-state index contributed by atoms with van der Waals surface area (Å²) in [5.74, 6) is 0.864. The highest BCUT2D eigenvalue weighted by atomic mass is 32.2. The Bertz CT molecular complexity index is 835. The molecular weight excluding hydrogens is 342 g/mol. The fourth-order valence-corrected chi connectivity index (χ4v) is 4.49. The number of rotatable bonds is 5. The lowest BCUT2D eigenvalue weighted by Crippen LogP contribution is -1.85. The van der Waals surface area contributed by atoms with Gasteiger partial charge >= 0.3 is 0 Å². The summed E-state index contributed by atoms with van der Waals surface area (Å²) in [6.45, 7) is 0. The Morgan fingerprint density at radius 1 is 1.04 bits per heavy atom. The first-order chi connectivity index (χ1) is 11.3. The number of hydrogen-bond donors (Lipinski definition) is 0. The van der Waals surface area contributed by atoms with Gasteiger partial charge in [-0.3, -0.25) is 0 Å². The molecule has 0 amide bonds. The topological polar surface area (TPSA) is 49.6 Å². The first-order valence-corrected chi connectivity index (χ1v) is 9.91. The van der Waals surface area contributed by atoms with E-state index in [1.165, 1.54) is 5.56 Å². The molecule has 3 nitrogen and oxygen atoms in total. The van der Waals surface area contributed by atoms with Gasteiger partial charge in [-0.15, -0.1) is 10.2 Å². The van der Waals surface area contributed by atoms with E-state index < -0.39 is 0 Å². The van der Waals surface area contributed by atoms with Gasteiger partial charge < -0.3 is 0 Å². The lowest BCUT2D eigenvalue weighted by Gasteiger charge is -2.05. The van der Waals surface area contributed by atoms with Gasteiger partial charge in [0.25, 0.3) is 0 Å². The van der Waals surface area contributed by atoms with Crippen molar-refractivity contribution in [2.75, 3.05) is 6.26 Å². The van der Waals surface area contributed by atoms with Crippen molar-refractivity contribution in [1.29, 1.82) is 5.26 Å². The summed E-state index contributed by atoms with van der Waals surface area (Å²) in [4.78, 5) is 0. The van der Waals surface area contributed by atoms with E-state index >= 15 is 0 Å². The summed E-state index contributed by atoms with van der Waals surface area (Å²) in [5, 5.41) is 17.5. The maximum absolute atomic E-state index is 9.20. The molecule has 0 saturated heterocycles. The Morgan fingerprint density at radius 3 is 2.48 bits per heavy atom. The average molecular weight is 356 g/mol. The smallest absolute Gasteiger partial charge is 0.175 e. The van der Waals surface area contributed by atoms with Crippen molar-refractivity contribution >= 4 is 34.9 Å². The SMILES string of the molecule is CSc1nnc(SCc2ccc(-c3ccccc3C#N)cc2)s1. The molecule has 1 aromatic heterocycles. The van der Waals surface area contributed by atoms with E-state index in [1.807, 2.05) is 30.5 Å². The highest BCUT2D eigenvalue weighted by molar-refractivity contribution is 8.02. The number of thioether (sulfide) groups is 2. The summed E-state index contributed by atoms with van der Waals surface area (Å²) in [6, 6.07) is 18.3. The van der Waals surface area contributed by atoms with E-state index in [1.54, 1.807) is 34.9 Å². The summed E-state index contributed by atoms with van der Waals surface area (Å²) in [6.07, 6.45) is 2.01. The van der Waals surface area contributed by atoms with Gasteiger partial charge in [-0.25, -0.2) is 0 Å². The van der Waals surface area contributed by atoms with Crippen molar-refractivity contribution in [3.05, 3.63) is 59.7 Å². The molecule has 6 heteroatoms. The zero-order chi connectivity index (χ0) is 16.1. The number of nitriles is 1. The summed E-state index contributed by atoms with van der Waals surface area (Å²) in [7, 11) is 0. The first-order valence-electron chi connectivity index (χ1n) is 6.89. The van der Waals surface area contributed by atoms with Crippen LogP contribution in [0.25, 0.3) is 11.1 Å². The second-order valence-electron chi connectivity index (χ2n) is 4.68. The van der Waals surface area contributed by atoms with Crippen LogP contribution < -0.4 is 0 Å². The van der Waals surface area contributed by atoms with Crippen LogP contribution in [0.15, 0.2) is 57.2 Å².